The normalized spacial score (nSPS) is 12.5. The predicted octanol–water partition coefficient (Wildman–Crippen LogP) is 3.76. The Hall–Kier alpha value is -1.38. The topological polar surface area (TPSA) is 33.1 Å². The second-order valence-corrected chi connectivity index (χ2v) is 4.51. The number of aryl methyl sites for hydroxylation is 1. The highest BCUT2D eigenvalue weighted by Crippen LogP contribution is 2.28. The molecular formula is C14H14ClNO. The van der Waals surface area contributed by atoms with E-state index in [2.05, 4.69) is 4.98 Å². The van der Waals surface area contributed by atoms with Crippen molar-refractivity contribution in [3.05, 3.63) is 52.7 Å². The van der Waals surface area contributed by atoms with Gasteiger partial charge in [-0.15, -0.1) is 0 Å². The molecule has 17 heavy (non-hydrogen) atoms. The molecule has 0 aliphatic carbocycles. The Morgan fingerprint density at radius 3 is 2.71 bits per heavy atom. The van der Waals surface area contributed by atoms with Gasteiger partial charge in [-0.3, -0.25) is 4.98 Å². The summed E-state index contributed by atoms with van der Waals surface area (Å²) in [6.45, 7) is 3.71. The number of aliphatic hydroxyl groups is 1. The van der Waals surface area contributed by atoms with Crippen molar-refractivity contribution in [3.8, 4) is 11.3 Å². The number of nitrogens with zero attached hydrogens (tertiary/aromatic N) is 1. The Morgan fingerprint density at radius 2 is 2.00 bits per heavy atom. The van der Waals surface area contributed by atoms with E-state index >= 15 is 0 Å². The summed E-state index contributed by atoms with van der Waals surface area (Å²) in [5.74, 6) is 0. The molecule has 1 aromatic carbocycles. The lowest BCUT2D eigenvalue weighted by molar-refractivity contribution is 0.194. The fraction of sp³-hybridized carbons (Fsp3) is 0.214. The standard InChI is InChI=1S/C14H14ClNO/c1-9-6-7-12(15)11(8-9)14-5-3-4-13(16-14)10(2)17/h3-8,10,17H,1-2H3/t10-/m0/s1. The first-order valence-electron chi connectivity index (χ1n) is 5.49. The molecule has 0 saturated heterocycles. The van der Waals surface area contributed by atoms with Gasteiger partial charge in [-0.1, -0.05) is 29.3 Å². The molecule has 1 N–H and O–H groups in total. The van der Waals surface area contributed by atoms with Crippen LogP contribution in [0.25, 0.3) is 11.3 Å². The molecule has 2 aromatic rings. The molecule has 0 aliphatic heterocycles. The van der Waals surface area contributed by atoms with Gasteiger partial charge in [-0.2, -0.15) is 0 Å². The lowest BCUT2D eigenvalue weighted by Crippen LogP contribution is -1.96. The molecule has 0 aliphatic rings. The van der Waals surface area contributed by atoms with Crippen LogP contribution in [0.5, 0.6) is 0 Å². The largest absolute Gasteiger partial charge is 0.387 e. The third kappa shape index (κ3) is 2.65. The van der Waals surface area contributed by atoms with E-state index in [1.54, 1.807) is 13.0 Å². The van der Waals surface area contributed by atoms with E-state index in [0.29, 0.717) is 10.7 Å². The molecular weight excluding hydrogens is 234 g/mol. The highest BCUT2D eigenvalue weighted by Gasteiger charge is 2.08. The highest BCUT2D eigenvalue weighted by molar-refractivity contribution is 6.33. The van der Waals surface area contributed by atoms with Crippen LogP contribution in [0.1, 0.15) is 24.3 Å². The van der Waals surface area contributed by atoms with Crippen LogP contribution in [-0.2, 0) is 0 Å². The fourth-order valence-corrected chi connectivity index (χ4v) is 1.88. The van der Waals surface area contributed by atoms with Gasteiger partial charge in [0, 0.05) is 10.6 Å². The Labute approximate surface area is 106 Å². The van der Waals surface area contributed by atoms with Crippen molar-refractivity contribution >= 4 is 11.6 Å². The van der Waals surface area contributed by atoms with Gasteiger partial charge in [0.2, 0.25) is 0 Å². The van der Waals surface area contributed by atoms with Gasteiger partial charge in [0.15, 0.2) is 0 Å². The zero-order valence-electron chi connectivity index (χ0n) is 9.81. The van der Waals surface area contributed by atoms with Gasteiger partial charge >= 0.3 is 0 Å². The fourth-order valence-electron chi connectivity index (χ4n) is 1.67. The molecule has 1 aromatic heterocycles. The lowest BCUT2D eigenvalue weighted by Gasteiger charge is -2.08. The monoisotopic (exact) mass is 247 g/mol. The zero-order chi connectivity index (χ0) is 12.4. The van der Waals surface area contributed by atoms with E-state index < -0.39 is 6.10 Å². The molecule has 0 saturated carbocycles. The smallest absolute Gasteiger partial charge is 0.0932 e. The summed E-state index contributed by atoms with van der Waals surface area (Å²) in [5.41, 5.74) is 3.47. The Bertz CT molecular complexity index is 537. The van der Waals surface area contributed by atoms with Crippen molar-refractivity contribution < 1.29 is 5.11 Å². The summed E-state index contributed by atoms with van der Waals surface area (Å²) < 4.78 is 0. The number of hydrogen-bond acceptors (Lipinski definition) is 2. The molecule has 0 spiro atoms. The minimum Gasteiger partial charge on any atom is -0.387 e. The summed E-state index contributed by atoms with van der Waals surface area (Å²) in [6.07, 6.45) is -0.571. The first-order chi connectivity index (χ1) is 8.08. The SMILES string of the molecule is Cc1ccc(Cl)c(-c2cccc([C@H](C)O)n2)c1. The number of hydrogen-bond donors (Lipinski definition) is 1. The van der Waals surface area contributed by atoms with Crippen LogP contribution in [-0.4, -0.2) is 10.1 Å². The molecule has 1 heterocycles. The molecule has 88 valence electrons. The van der Waals surface area contributed by atoms with Crippen molar-refractivity contribution in [2.24, 2.45) is 0 Å². The minimum atomic E-state index is -0.571. The second-order valence-electron chi connectivity index (χ2n) is 4.11. The quantitative estimate of drug-likeness (QED) is 0.877. The van der Waals surface area contributed by atoms with Gasteiger partial charge in [-0.25, -0.2) is 0 Å². The van der Waals surface area contributed by atoms with Crippen molar-refractivity contribution in [1.82, 2.24) is 4.98 Å². The molecule has 0 radical (unpaired) electrons. The van der Waals surface area contributed by atoms with E-state index in [9.17, 15) is 5.11 Å². The van der Waals surface area contributed by atoms with E-state index in [1.807, 2.05) is 37.3 Å². The Balaban J connectivity index is 2.52. The predicted molar refractivity (Wildman–Crippen MR) is 70.1 cm³/mol. The zero-order valence-corrected chi connectivity index (χ0v) is 10.6. The summed E-state index contributed by atoms with van der Waals surface area (Å²) in [7, 11) is 0. The number of rotatable bonds is 2. The highest BCUT2D eigenvalue weighted by atomic mass is 35.5. The summed E-state index contributed by atoms with van der Waals surface area (Å²) in [4.78, 5) is 4.41. The first kappa shape index (κ1) is 12.1. The van der Waals surface area contributed by atoms with Crippen LogP contribution in [0.3, 0.4) is 0 Å². The van der Waals surface area contributed by atoms with Gasteiger partial charge in [-0.05, 0) is 38.1 Å². The molecule has 2 rings (SSSR count). The average molecular weight is 248 g/mol. The number of benzene rings is 1. The summed E-state index contributed by atoms with van der Waals surface area (Å²) in [6, 6.07) is 11.4. The first-order valence-corrected chi connectivity index (χ1v) is 5.87. The Kier molecular flexibility index (Phi) is 3.46. The summed E-state index contributed by atoms with van der Waals surface area (Å²) in [5, 5.41) is 10.2. The third-order valence-electron chi connectivity index (χ3n) is 2.60. The molecule has 2 nitrogen and oxygen atoms in total. The maximum atomic E-state index is 9.52. The second kappa shape index (κ2) is 4.86. The third-order valence-corrected chi connectivity index (χ3v) is 2.93. The van der Waals surface area contributed by atoms with Crippen LogP contribution in [0.4, 0.5) is 0 Å². The van der Waals surface area contributed by atoms with Gasteiger partial charge in [0.05, 0.1) is 17.5 Å². The van der Waals surface area contributed by atoms with E-state index in [-0.39, 0.29) is 0 Å². The Morgan fingerprint density at radius 1 is 1.24 bits per heavy atom. The van der Waals surface area contributed by atoms with Crippen molar-refractivity contribution in [2.45, 2.75) is 20.0 Å². The summed E-state index contributed by atoms with van der Waals surface area (Å²) >= 11 is 6.16. The van der Waals surface area contributed by atoms with Crippen LogP contribution < -0.4 is 0 Å². The molecule has 0 unspecified atom stereocenters. The van der Waals surface area contributed by atoms with Crippen molar-refractivity contribution in [2.75, 3.05) is 0 Å². The van der Waals surface area contributed by atoms with Gasteiger partial charge < -0.3 is 5.11 Å². The number of pyridine rings is 1. The van der Waals surface area contributed by atoms with Crippen LogP contribution in [0, 0.1) is 6.92 Å². The molecule has 0 amide bonds. The van der Waals surface area contributed by atoms with Crippen molar-refractivity contribution in [1.29, 1.82) is 0 Å². The molecule has 1 atom stereocenters. The van der Waals surface area contributed by atoms with E-state index in [1.165, 1.54) is 0 Å². The van der Waals surface area contributed by atoms with Gasteiger partial charge in [0.1, 0.15) is 0 Å². The number of aromatic nitrogens is 1. The van der Waals surface area contributed by atoms with E-state index in [0.717, 1.165) is 16.8 Å². The van der Waals surface area contributed by atoms with E-state index in [4.69, 9.17) is 11.6 Å². The van der Waals surface area contributed by atoms with Gasteiger partial charge in [0.25, 0.3) is 0 Å². The van der Waals surface area contributed by atoms with Crippen LogP contribution in [0.15, 0.2) is 36.4 Å². The van der Waals surface area contributed by atoms with Crippen LogP contribution in [0.2, 0.25) is 5.02 Å². The molecule has 3 heteroatoms. The number of aliphatic hydroxyl groups excluding tert-OH is 1. The molecule has 0 bridgehead atoms. The average Bonchev–Trinajstić information content (AvgIpc) is 2.32. The molecule has 0 fully saturated rings. The lowest BCUT2D eigenvalue weighted by atomic mass is 10.1. The van der Waals surface area contributed by atoms with Crippen LogP contribution >= 0.6 is 11.6 Å². The minimum absolute atomic E-state index is 0.571. The maximum absolute atomic E-state index is 9.52. The number of halogens is 1. The maximum Gasteiger partial charge on any atom is 0.0932 e. The van der Waals surface area contributed by atoms with Crippen molar-refractivity contribution in [3.63, 3.8) is 0 Å².